The molecule has 1 aliphatic rings. The van der Waals surface area contributed by atoms with Crippen LogP contribution in [-0.4, -0.2) is 31.9 Å². The van der Waals surface area contributed by atoms with Crippen molar-refractivity contribution in [1.29, 1.82) is 0 Å². The van der Waals surface area contributed by atoms with Crippen molar-refractivity contribution in [2.45, 2.75) is 38.9 Å². The van der Waals surface area contributed by atoms with Crippen molar-refractivity contribution in [2.75, 3.05) is 14.2 Å². The number of rotatable bonds is 4. The zero-order valence-electron chi connectivity index (χ0n) is 14.3. The van der Waals surface area contributed by atoms with E-state index in [-0.39, 0.29) is 0 Å². The Morgan fingerprint density at radius 1 is 1.04 bits per heavy atom. The number of carbonyl (C=O) groups excluding carboxylic acids is 2. The third kappa shape index (κ3) is 3.11. The van der Waals surface area contributed by atoms with E-state index in [1.807, 2.05) is 0 Å². The zero-order chi connectivity index (χ0) is 17.4. The van der Waals surface area contributed by atoms with Crippen LogP contribution in [0.2, 0.25) is 0 Å². The van der Waals surface area contributed by atoms with E-state index in [0.29, 0.717) is 17.1 Å². The van der Waals surface area contributed by atoms with Crippen molar-refractivity contribution in [2.24, 2.45) is 5.92 Å². The van der Waals surface area contributed by atoms with E-state index in [1.54, 1.807) is 39.2 Å². The third-order valence-corrected chi connectivity index (χ3v) is 3.99. The standard InChI is InChI=1S/C17H22O6/c1-16(2,11-9-10(20-5)7-8-12(11)21-6)13-14(18)22-17(3,4)23-15(13)19/h7-9,13H,1-6H3. The maximum atomic E-state index is 12.4. The van der Waals surface area contributed by atoms with Crippen molar-refractivity contribution in [3.8, 4) is 11.5 Å². The Bertz CT molecular complexity index is 612. The summed E-state index contributed by atoms with van der Waals surface area (Å²) < 4.78 is 21.1. The molecule has 0 atom stereocenters. The first-order valence-corrected chi connectivity index (χ1v) is 7.30. The minimum absolute atomic E-state index is 0.557. The summed E-state index contributed by atoms with van der Waals surface area (Å²) in [6, 6.07) is 5.23. The zero-order valence-corrected chi connectivity index (χ0v) is 14.3. The van der Waals surface area contributed by atoms with Gasteiger partial charge in [-0.25, -0.2) is 0 Å². The van der Waals surface area contributed by atoms with Crippen LogP contribution in [0.15, 0.2) is 18.2 Å². The van der Waals surface area contributed by atoms with Crippen LogP contribution in [-0.2, 0) is 24.5 Å². The molecular weight excluding hydrogens is 300 g/mol. The molecule has 1 aromatic carbocycles. The second kappa shape index (κ2) is 5.76. The molecule has 0 N–H and O–H groups in total. The Kier molecular flexibility index (Phi) is 4.28. The molecule has 2 rings (SSSR count). The Morgan fingerprint density at radius 3 is 2.09 bits per heavy atom. The van der Waals surface area contributed by atoms with Gasteiger partial charge < -0.3 is 18.9 Å². The molecule has 0 aliphatic carbocycles. The molecule has 0 aromatic heterocycles. The molecule has 0 spiro atoms. The number of benzene rings is 1. The molecular formula is C17H22O6. The summed E-state index contributed by atoms with van der Waals surface area (Å²) in [6.07, 6.45) is 0. The van der Waals surface area contributed by atoms with E-state index >= 15 is 0 Å². The predicted molar refractivity (Wildman–Crippen MR) is 82.3 cm³/mol. The van der Waals surface area contributed by atoms with Gasteiger partial charge in [-0.1, -0.05) is 13.8 Å². The fraction of sp³-hybridized carbons (Fsp3) is 0.529. The predicted octanol–water partition coefficient (Wildman–Crippen LogP) is 2.43. The largest absolute Gasteiger partial charge is 0.497 e. The van der Waals surface area contributed by atoms with Gasteiger partial charge >= 0.3 is 11.9 Å². The van der Waals surface area contributed by atoms with Crippen LogP contribution in [0.5, 0.6) is 11.5 Å². The maximum absolute atomic E-state index is 12.4. The molecule has 1 aliphatic heterocycles. The first-order chi connectivity index (χ1) is 10.6. The fourth-order valence-electron chi connectivity index (χ4n) is 2.78. The number of carbonyl (C=O) groups is 2. The molecule has 0 amide bonds. The molecule has 1 saturated heterocycles. The summed E-state index contributed by atoms with van der Waals surface area (Å²) in [5.41, 5.74) is -0.233. The molecule has 1 aromatic rings. The van der Waals surface area contributed by atoms with Gasteiger partial charge in [-0.2, -0.15) is 0 Å². The number of hydrogen-bond donors (Lipinski definition) is 0. The summed E-state index contributed by atoms with van der Waals surface area (Å²) in [7, 11) is 3.08. The molecule has 0 unspecified atom stereocenters. The summed E-state index contributed by atoms with van der Waals surface area (Å²) in [4.78, 5) is 24.8. The summed E-state index contributed by atoms with van der Waals surface area (Å²) >= 11 is 0. The Labute approximate surface area is 135 Å². The van der Waals surface area contributed by atoms with Crippen LogP contribution in [0.1, 0.15) is 33.3 Å². The lowest BCUT2D eigenvalue weighted by Gasteiger charge is -2.39. The SMILES string of the molecule is COc1ccc(OC)c(C(C)(C)C2C(=O)OC(C)(C)OC2=O)c1. The molecule has 23 heavy (non-hydrogen) atoms. The van der Waals surface area contributed by atoms with Crippen molar-refractivity contribution >= 4 is 11.9 Å². The lowest BCUT2D eigenvalue weighted by molar-refractivity contribution is -0.243. The minimum atomic E-state index is -1.25. The van der Waals surface area contributed by atoms with Crippen LogP contribution < -0.4 is 9.47 Å². The lowest BCUT2D eigenvalue weighted by Crippen LogP contribution is -2.52. The maximum Gasteiger partial charge on any atom is 0.324 e. The summed E-state index contributed by atoms with van der Waals surface area (Å²) in [5.74, 6) is -2.40. The van der Waals surface area contributed by atoms with Crippen LogP contribution in [0.4, 0.5) is 0 Å². The molecule has 0 saturated carbocycles. The van der Waals surface area contributed by atoms with Gasteiger partial charge in [0.15, 0.2) is 5.92 Å². The first kappa shape index (κ1) is 17.1. The highest BCUT2D eigenvalue weighted by Gasteiger charge is 2.52. The molecule has 1 heterocycles. The van der Waals surface area contributed by atoms with Gasteiger partial charge in [0.1, 0.15) is 11.5 Å². The number of esters is 2. The Hall–Kier alpha value is -2.24. The van der Waals surface area contributed by atoms with Gasteiger partial charge in [-0.15, -0.1) is 0 Å². The molecule has 0 bridgehead atoms. The van der Waals surface area contributed by atoms with Crippen molar-refractivity contribution < 1.29 is 28.5 Å². The van der Waals surface area contributed by atoms with Crippen LogP contribution >= 0.6 is 0 Å². The molecule has 6 heteroatoms. The van der Waals surface area contributed by atoms with Crippen molar-refractivity contribution in [1.82, 2.24) is 0 Å². The van der Waals surface area contributed by atoms with Crippen LogP contribution in [0.25, 0.3) is 0 Å². The van der Waals surface area contributed by atoms with E-state index in [0.717, 1.165) is 0 Å². The normalized spacial score (nSPS) is 18.2. The molecule has 1 fully saturated rings. The van der Waals surface area contributed by atoms with Gasteiger partial charge in [0.25, 0.3) is 5.79 Å². The van der Waals surface area contributed by atoms with E-state index in [4.69, 9.17) is 18.9 Å². The van der Waals surface area contributed by atoms with Gasteiger partial charge in [0.05, 0.1) is 14.2 Å². The quantitative estimate of drug-likeness (QED) is 0.626. The van der Waals surface area contributed by atoms with Gasteiger partial charge in [-0.05, 0) is 18.2 Å². The van der Waals surface area contributed by atoms with Gasteiger partial charge in [0.2, 0.25) is 0 Å². The highest BCUT2D eigenvalue weighted by atomic mass is 16.7. The summed E-state index contributed by atoms with van der Waals surface area (Å²) in [5, 5.41) is 0. The highest BCUT2D eigenvalue weighted by molar-refractivity contribution is 5.98. The van der Waals surface area contributed by atoms with E-state index in [1.165, 1.54) is 21.0 Å². The number of methoxy groups -OCH3 is 2. The fourth-order valence-corrected chi connectivity index (χ4v) is 2.78. The number of ether oxygens (including phenoxy) is 4. The highest BCUT2D eigenvalue weighted by Crippen LogP contribution is 2.42. The van der Waals surface area contributed by atoms with Crippen molar-refractivity contribution in [3.63, 3.8) is 0 Å². The van der Waals surface area contributed by atoms with Crippen molar-refractivity contribution in [3.05, 3.63) is 23.8 Å². The smallest absolute Gasteiger partial charge is 0.324 e. The number of cyclic esters (lactones) is 2. The lowest BCUT2D eigenvalue weighted by atomic mass is 9.72. The minimum Gasteiger partial charge on any atom is -0.497 e. The van der Waals surface area contributed by atoms with Gasteiger partial charge in [0, 0.05) is 24.8 Å². The molecule has 126 valence electrons. The summed E-state index contributed by atoms with van der Waals surface area (Å²) in [6.45, 7) is 6.60. The average Bonchev–Trinajstić information content (AvgIpc) is 2.43. The monoisotopic (exact) mass is 322 g/mol. The average molecular weight is 322 g/mol. The van der Waals surface area contributed by atoms with Crippen LogP contribution in [0, 0.1) is 5.92 Å². The Balaban J connectivity index is 2.49. The Morgan fingerprint density at radius 2 is 1.61 bits per heavy atom. The molecule has 6 nitrogen and oxygen atoms in total. The second-order valence-corrected chi connectivity index (χ2v) is 6.46. The van der Waals surface area contributed by atoms with E-state index in [9.17, 15) is 9.59 Å². The number of hydrogen-bond acceptors (Lipinski definition) is 6. The molecule has 0 radical (unpaired) electrons. The van der Waals surface area contributed by atoms with Crippen LogP contribution in [0.3, 0.4) is 0 Å². The van der Waals surface area contributed by atoms with E-state index < -0.39 is 29.1 Å². The van der Waals surface area contributed by atoms with Gasteiger partial charge in [-0.3, -0.25) is 9.59 Å². The second-order valence-electron chi connectivity index (χ2n) is 6.46. The topological polar surface area (TPSA) is 71.1 Å². The van der Waals surface area contributed by atoms with E-state index in [2.05, 4.69) is 0 Å². The first-order valence-electron chi connectivity index (χ1n) is 7.30. The third-order valence-electron chi connectivity index (χ3n) is 3.99.